The van der Waals surface area contributed by atoms with Crippen LogP contribution in [0, 0.1) is 0 Å². The van der Waals surface area contributed by atoms with E-state index in [0.29, 0.717) is 23.5 Å². The SMILES string of the molecule is CCc1c(C(=O)NCC(O)C(N)=O)cnc2ncnn12. The van der Waals surface area contributed by atoms with Crippen LogP contribution in [0.4, 0.5) is 0 Å². The number of aryl methyl sites for hydroxylation is 1. The van der Waals surface area contributed by atoms with Crippen molar-refractivity contribution in [2.75, 3.05) is 6.54 Å². The molecule has 0 saturated heterocycles. The highest BCUT2D eigenvalue weighted by Crippen LogP contribution is 2.09. The van der Waals surface area contributed by atoms with Gasteiger partial charge in [-0.05, 0) is 6.42 Å². The van der Waals surface area contributed by atoms with Crippen LogP contribution in [0.3, 0.4) is 0 Å². The molecule has 20 heavy (non-hydrogen) atoms. The summed E-state index contributed by atoms with van der Waals surface area (Å²) in [5, 5.41) is 15.7. The fourth-order valence-electron chi connectivity index (χ4n) is 1.74. The molecule has 0 aliphatic carbocycles. The molecule has 2 aromatic heterocycles. The third-order valence-electron chi connectivity index (χ3n) is 2.77. The second-order valence-electron chi connectivity index (χ2n) is 4.07. The zero-order valence-electron chi connectivity index (χ0n) is 10.8. The van der Waals surface area contributed by atoms with Crippen molar-refractivity contribution in [3.05, 3.63) is 23.8 Å². The van der Waals surface area contributed by atoms with Crippen LogP contribution in [0.1, 0.15) is 23.0 Å². The van der Waals surface area contributed by atoms with E-state index >= 15 is 0 Å². The number of fused-ring (bicyclic) bond motifs is 1. The molecule has 2 aromatic rings. The first kappa shape index (κ1) is 13.9. The Hall–Kier alpha value is -2.55. The number of amides is 2. The number of hydrogen-bond acceptors (Lipinski definition) is 6. The van der Waals surface area contributed by atoms with E-state index in [0.717, 1.165) is 0 Å². The first-order chi connectivity index (χ1) is 9.54. The monoisotopic (exact) mass is 278 g/mol. The first-order valence-electron chi connectivity index (χ1n) is 5.97. The maximum Gasteiger partial charge on any atom is 0.254 e. The number of rotatable bonds is 5. The highest BCUT2D eigenvalue weighted by Gasteiger charge is 2.17. The molecule has 2 amide bonds. The molecule has 0 aromatic carbocycles. The molecule has 9 nitrogen and oxygen atoms in total. The lowest BCUT2D eigenvalue weighted by atomic mass is 10.1. The van der Waals surface area contributed by atoms with Crippen molar-refractivity contribution in [1.82, 2.24) is 24.9 Å². The molecule has 1 atom stereocenters. The largest absolute Gasteiger partial charge is 0.381 e. The van der Waals surface area contributed by atoms with Gasteiger partial charge in [0.2, 0.25) is 5.91 Å². The van der Waals surface area contributed by atoms with E-state index in [1.165, 1.54) is 17.0 Å². The summed E-state index contributed by atoms with van der Waals surface area (Å²) < 4.78 is 1.47. The second-order valence-corrected chi connectivity index (χ2v) is 4.07. The van der Waals surface area contributed by atoms with E-state index in [9.17, 15) is 14.7 Å². The quantitative estimate of drug-likeness (QED) is 0.594. The van der Waals surface area contributed by atoms with Gasteiger partial charge in [0.05, 0.1) is 17.8 Å². The minimum atomic E-state index is -1.42. The molecule has 4 N–H and O–H groups in total. The van der Waals surface area contributed by atoms with E-state index in [1.807, 2.05) is 6.92 Å². The highest BCUT2D eigenvalue weighted by molar-refractivity contribution is 5.95. The fraction of sp³-hybridized carbons (Fsp3) is 0.364. The third-order valence-corrected chi connectivity index (χ3v) is 2.77. The van der Waals surface area contributed by atoms with Crippen LogP contribution in [0.15, 0.2) is 12.5 Å². The van der Waals surface area contributed by atoms with Gasteiger partial charge in [-0.2, -0.15) is 10.1 Å². The number of carbonyl (C=O) groups is 2. The Morgan fingerprint density at radius 2 is 2.25 bits per heavy atom. The number of aromatic nitrogens is 4. The first-order valence-corrected chi connectivity index (χ1v) is 5.97. The van der Waals surface area contributed by atoms with Crippen molar-refractivity contribution in [3.63, 3.8) is 0 Å². The van der Waals surface area contributed by atoms with Gasteiger partial charge in [-0.15, -0.1) is 0 Å². The van der Waals surface area contributed by atoms with Crippen molar-refractivity contribution in [3.8, 4) is 0 Å². The zero-order valence-corrected chi connectivity index (χ0v) is 10.8. The number of primary amides is 1. The lowest BCUT2D eigenvalue weighted by Crippen LogP contribution is -2.40. The topological polar surface area (TPSA) is 135 Å². The molecule has 0 aliphatic rings. The van der Waals surface area contributed by atoms with Crippen LogP contribution in [-0.4, -0.2) is 49.2 Å². The lowest BCUT2D eigenvalue weighted by Gasteiger charge is -2.11. The summed E-state index contributed by atoms with van der Waals surface area (Å²) in [6.07, 6.45) is 1.85. The Morgan fingerprint density at radius 3 is 2.90 bits per heavy atom. The molecule has 2 heterocycles. The summed E-state index contributed by atoms with van der Waals surface area (Å²) in [5.74, 6) is -0.964. The van der Waals surface area contributed by atoms with Crippen LogP contribution in [-0.2, 0) is 11.2 Å². The van der Waals surface area contributed by atoms with E-state index in [2.05, 4.69) is 20.4 Å². The van der Waals surface area contributed by atoms with Crippen LogP contribution in [0.5, 0.6) is 0 Å². The summed E-state index contributed by atoms with van der Waals surface area (Å²) in [6.45, 7) is 1.61. The van der Waals surface area contributed by atoms with Gasteiger partial charge in [0.1, 0.15) is 12.4 Å². The van der Waals surface area contributed by atoms with Gasteiger partial charge in [-0.1, -0.05) is 6.92 Å². The molecule has 106 valence electrons. The molecular weight excluding hydrogens is 264 g/mol. The van der Waals surface area contributed by atoms with Gasteiger partial charge in [0.15, 0.2) is 0 Å². The van der Waals surface area contributed by atoms with Crippen molar-refractivity contribution < 1.29 is 14.7 Å². The third kappa shape index (κ3) is 2.57. The molecule has 0 saturated carbocycles. The highest BCUT2D eigenvalue weighted by atomic mass is 16.3. The van der Waals surface area contributed by atoms with E-state index < -0.39 is 17.9 Å². The molecule has 0 aliphatic heterocycles. The molecule has 0 bridgehead atoms. The van der Waals surface area contributed by atoms with Gasteiger partial charge >= 0.3 is 0 Å². The normalized spacial score (nSPS) is 12.3. The Morgan fingerprint density at radius 1 is 1.50 bits per heavy atom. The van der Waals surface area contributed by atoms with E-state index in [1.54, 1.807) is 0 Å². The number of nitrogens with two attached hydrogens (primary N) is 1. The maximum absolute atomic E-state index is 12.0. The number of nitrogens with zero attached hydrogens (tertiary/aromatic N) is 4. The van der Waals surface area contributed by atoms with Crippen molar-refractivity contribution in [2.45, 2.75) is 19.4 Å². The minimum Gasteiger partial charge on any atom is -0.381 e. The molecule has 0 spiro atoms. The average molecular weight is 278 g/mol. The summed E-state index contributed by atoms with van der Waals surface area (Å²) in [4.78, 5) is 30.7. The van der Waals surface area contributed by atoms with Gasteiger partial charge in [0.25, 0.3) is 11.7 Å². The zero-order chi connectivity index (χ0) is 14.7. The van der Waals surface area contributed by atoms with Gasteiger partial charge in [-0.25, -0.2) is 9.50 Å². The Labute approximate surface area is 113 Å². The van der Waals surface area contributed by atoms with E-state index in [4.69, 9.17) is 5.73 Å². The number of hydrogen-bond donors (Lipinski definition) is 3. The Bertz CT molecular complexity index is 653. The van der Waals surface area contributed by atoms with Crippen molar-refractivity contribution in [2.24, 2.45) is 5.73 Å². The van der Waals surface area contributed by atoms with E-state index in [-0.39, 0.29) is 6.54 Å². The van der Waals surface area contributed by atoms with Gasteiger partial charge in [0, 0.05) is 6.20 Å². The molecule has 0 radical (unpaired) electrons. The number of nitrogens with one attached hydrogen (secondary N) is 1. The Balaban J connectivity index is 2.23. The number of aliphatic hydroxyl groups excluding tert-OH is 1. The minimum absolute atomic E-state index is 0.257. The van der Waals surface area contributed by atoms with Crippen LogP contribution < -0.4 is 11.1 Å². The number of carbonyl (C=O) groups excluding carboxylic acids is 2. The molecule has 0 fully saturated rings. The second kappa shape index (κ2) is 5.61. The number of aliphatic hydroxyl groups is 1. The average Bonchev–Trinajstić information content (AvgIpc) is 2.91. The van der Waals surface area contributed by atoms with Crippen molar-refractivity contribution >= 4 is 17.6 Å². The fourth-order valence-corrected chi connectivity index (χ4v) is 1.74. The molecule has 2 rings (SSSR count). The van der Waals surface area contributed by atoms with Crippen LogP contribution in [0.2, 0.25) is 0 Å². The predicted molar refractivity (Wildman–Crippen MR) is 67.7 cm³/mol. The summed E-state index contributed by atoms with van der Waals surface area (Å²) in [5.41, 5.74) is 5.85. The molecular formula is C11H14N6O3. The van der Waals surface area contributed by atoms with Crippen LogP contribution >= 0.6 is 0 Å². The lowest BCUT2D eigenvalue weighted by molar-refractivity contribution is -0.125. The molecule has 1 unspecified atom stereocenters. The molecule has 9 heteroatoms. The summed E-state index contributed by atoms with van der Waals surface area (Å²) in [7, 11) is 0. The van der Waals surface area contributed by atoms with Gasteiger partial charge < -0.3 is 16.2 Å². The van der Waals surface area contributed by atoms with Crippen LogP contribution in [0.25, 0.3) is 5.78 Å². The standard InChI is InChI=1S/C11H14N6O3/c1-2-7-6(3-14-11-15-5-16-17(7)11)10(20)13-4-8(18)9(12)19/h3,5,8,18H,2,4H2,1H3,(H2,12,19)(H,13,20). The summed E-state index contributed by atoms with van der Waals surface area (Å²) in [6, 6.07) is 0. The van der Waals surface area contributed by atoms with Gasteiger partial charge in [-0.3, -0.25) is 9.59 Å². The Kier molecular flexibility index (Phi) is 3.89. The maximum atomic E-state index is 12.0. The smallest absolute Gasteiger partial charge is 0.254 e. The van der Waals surface area contributed by atoms with Crippen molar-refractivity contribution in [1.29, 1.82) is 0 Å². The predicted octanol–water partition coefficient (Wildman–Crippen LogP) is -1.74. The summed E-state index contributed by atoms with van der Waals surface area (Å²) >= 11 is 0.